The Morgan fingerprint density at radius 3 is 3.05 bits per heavy atom. The van der Waals surface area contributed by atoms with E-state index in [9.17, 15) is 4.79 Å². The second kappa shape index (κ2) is 6.50. The van der Waals surface area contributed by atoms with Crippen molar-refractivity contribution in [2.24, 2.45) is 0 Å². The van der Waals surface area contributed by atoms with E-state index in [0.717, 1.165) is 29.8 Å². The molecule has 0 saturated carbocycles. The molecule has 1 unspecified atom stereocenters. The highest BCUT2D eigenvalue weighted by Gasteiger charge is 2.19. The van der Waals surface area contributed by atoms with E-state index in [2.05, 4.69) is 38.5 Å². The Labute approximate surface area is 122 Å². The summed E-state index contributed by atoms with van der Waals surface area (Å²) in [7, 11) is 2.09. The predicted octanol–water partition coefficient (Wildman–Crippen LogP) is 1.99. The Kier molecular flexibility index (Phi) is 4.96. The molecule has 4 nitrogen and oxygen atoms in total. The lowest BCUT2D eigenvalue weighted by atomic mass is 10.1. The summed E-state index contributed by atoms with van der Waals surface area (Å²) < 4.78 is 0.926. The van der Waals surface area contributed by atoms with Crippen molar-refractivity contribution in [3.05, 3.63) is 28.2 Å². The van der Waals surface area contributed by atoms with Crippen molar-refractivity contribution in [3.8, 4) is 0 Å². The van der Waals surface area contributed by atoms with Crippen LogP contribution < -0.4 is 10.6 Å². The maximum absolute atomic E-state index is 12.0. The number of carbonyl (C=O) groups excluding carboxylic acids is 1. The minimum absolute atomic E-state index is 0.0531. The number of rotatable bonds is 3. The molecule has 1 saturated heterocycles. The lowest BCUT2D eigenvalue weighted by molar-refractivity contribution is -0.116. The summed E-state index contributed by atoms with van der Waals surface area (Å²) in [5, 5.41) is 6.33. The van der Waals surface area contributed by atoms with Crippen molar-refractivity contribution in [2.75, 3.05) is 32.0 Å². The van der Waals surface area contributed by atoms with Crippen molar-refractivity contribution in [1.82, 2.24) is 10.2 Å². The summed E-state index contributed by atoms with van der Waals surface area (Å²) in [6.45, 7) is 4.94. The Morgan fingerprint density at radius 2 is 2.37 bits per heavy atom. The zero-order chi connectivity index (χ0) is 13.8. The number of halogens is 1. The number of anilines is 1. The van der Waals surface area contributed by atoms with Crippen LogP contribution in [0.4, 0.5) is 5.69 Å². The number of amides is 1. The van der Waals surface area contributed by atoms with E-state index < -0.39 is 0 Å². The van der Waals surface area contributed by atoms with Gasteiger partial charge in [0.1, 0.15) is 0 Å². The van der Waals surface area contributed by atoms with E-state index in [0.29, 0.717) is 6.42 Å². The van der Waals surface area contributed by atoms with Crippen molar-refractivity contribution in [1.29, 1.82) is 0 Å². The van der Waals surface area contributed by atoms with Crippen LogP contribution in [0.15, 0.2) is 22.7 Å². The normalized spacial score (nSPS) is 20.3. The summed E-state index contributed by atoms with van der Waals surface area (Å²) in [5.74, 6) is 0.0531. The summed E-state index contributed by atoms with van der Waals surface area (Å²) in [6, 6.07) is 6.16. The molecule has 0 radical (unpaired) electrons. The fourth-order valence-electron chi connectivity index (χ4n) is 2.27. The minimum atomic E-state index is 0.0531. The largest absolute Gasteiger partial charge is 0.325 e. The molecule has 0 aromatic heterocycles. The van der Waals surface area contributed by atoms with Gasteiger partial charge < -0.3 is 15.5 Å². The van der Waals surface area contributed by atoms with Crippen LogP contribution in [0.2, 0.25) is 0 Å². The molecule has 19 heavy (non-hydrogen) atoms. The first-order valence-corrected chi connectivity index (χ1v) is 7.32. The van der Waals surface area contributed by atoms with Crippen LogP contribution in [0, 0.1) is 6.92 Å². The molecule has 0 spiro atoms. The first-order valence-electron chi connectivity index (χ1n) is 6.52. The van der Waals surface area contributed by atoms with Crippen LogP contribution in [-0.2, 0) is 4.79 Å². The van der Waals surface area contributed by atoms with E-state index in [1.807, 2.05) is 25.1 Å². The van der Waals surface area contributed by atoms with E-state index in [1.54, 1.807) is 0 Å². The molecule has 2 N–H and O–H groups in total. The van der Waals surface area contributed by atoms with Gasteiger partial charge in [-0.05, 0) is 47.6 Å². The van der Waals surface area contributed by atoms with Crippen LogP contribution in [0.25, 0.3) is 0 Å². The van der Waals surface area contributed by atoms with Crippen molar-refractivity contribution in [3.63, 3.8) is 0 Å². The monoisotopic (exact) mass is 325 g/mol. The van der Waals surface area contributed by atoms with Gasteiger partial charge in [-0.3, -0.25) is 4.79 Å². The summed E-state index contributed by atoms with van der Waals surface area (Å²) in [5.41, 5.74) is 2.00. The number of hydrogen-bond acceptors (Lipinski definition) is 3. The molecule has 1 aromatic carbocycles. The number of likely N-dealkylation sites (N-methyl/N-ethyl adjacent to an activating group) is 1. The highest BCUT2D eigenvalue weighted by atomic mass is 79.9. The molecule has 1 aliphatic heterocycles. The fraction of sp³-hybridized carbons (Fsp3) is 0.500. The molecular weight excluding hydrogens is 306 g/mol. The van der Waals surface area contributed by atoms with Crippen molar-refractivity contribution >= 4 is 27.5 Å². The molecular formula is C14H20BrN3O. The Hall–Kier alpha value is -0.910. The Balaban J connectivity index is 1.90. The van der Waals surface area contributed by atoms with Crippen LogP contribution in [0.3, 0.4) is 0 Å². The molecule has 1 fully saturated rings. The highest BCUT2D eigenvalue weighted by molar-refractivity contribution is 9.10. The van der Waals surface area contributed by atoms with E-state index >= 15 is 0 Å². The quantitative estimate of drug-likeness (QED) is 0.893. The lowest BCUT2D eigenvalue weighted by Crippen LogP contribution is -2.50. The van der Waals surface area contributed by atoms with E-state index in [-0.39, 0.29) is 11.9 Å². The third-order valence-electron chi connectivity index (χ3n) is 3.29. The minimum Gasteiger partial charge on any atom is -0.325 e. The number of hydrogen-bond donors (Lipinski definition) is 2. The molecule has 2 rings (SSSR count). The van der Waals surface area contributed by atoms with E-state index in [1.165, 1.54) is 5.56 Å². The first kappa shape index (κ1) is 14.5. The topological polar surface area (TPSA) is 44.4 Å². The second-order valence-corrected chi connectivity index (χ2v) is 6.00. The molecule has 0 aliphatic carbocycles. The van der Waals surface area contributed by atoms with Crippen LogP contribution in [0.1, 0.15) is 12.0 Å². The molecule has 104 valence electrons. The Bertz CT molecular complexity index is 464. The van der Waals surface area contributed by atoms with Gasteiger partial charge in [-0.25, -0.2) is 0 Å². The van der Waals surface area contributed by atoms with Crippen LogP contribution >= 0.6 is 15.9 Å². The smallest absolute Gasteiger partial charge is 0.226 e. The lowest BCUT2D eigenvalue weighted by Gasteiger charge is -2.30. The molecule has 1 heterocycles. The van der Waals surface area contributed by atoms with Crippen molar-refractivity contribution in [2.45, 2.75) is 19.4 Å². The number of aryl methyl sites for hydroxylation is 1. The first-order chi connectivity index (χ1) is 9.04. The van der Waals surface area contributed by atoms with E-state index in [4.69, 9.17) is 0 Å². The molecule has 0 bridgehead atoms. The van der Waals surface area contributed by atoms with Crippen LogP contribution in [0.5, 0.6) is 0 Å². The maximum atomic E-state index is 12.0. The molecule has 1 aliphatic rings. The van der Waals surface area contributed by atoms with Gasteiger partial charge >= 0.3 is 0 Å². The predicted molar refractivity (Wildman–Crippen MR) is 81.4 cm³/mol. The third kappa shape index (κ3) is 4.30. The summed E-state index contributed by atoms with van der Waals surface area (Å²) in [6.07, 6.45) is 0.505. The summed E-state index contributed by atoms with van der Waals surface area (Å²) in [4.78, 5) is 14.3. The van der Waals surface area contributed by atoms with Gasteiger partial charge in [0.25, 0.3) is 0 Å². The van der Waals surface area contributed by atoms with Gasteiger partial charge in [0, 0.05) is 36.6 Å². The molecule has 1 atom stereocenters. The number of benzene rings is 1. The van der Waals surface area contributed by atoms with Gasteiger partial charge in [0.2, 0.25) is 5.91 Å². The average molecular weight is 326 g/mol. The number of piperazine rings is 1. The van der Waals surface area contributed by atoms with Gasteiger partial charge in [-0.2, -0.15) is 0 Å². The number of nitrogens with one attached hydrogen (secondary N) is 2. The van der Waals surface area contributed by atoms with Gasteiger partial charge in [0.15, 0.2) is 0 Å². The summed E-state index contributed by atoms with van der Waals surface area (Å²) >= 11 is 3.47. The standard InChI is InChI=1S/C14H20BrN3O/c1-10-3-4-13(12(15)7-10)17-14(19)8-11-9-18(2)6-5-16-11/h3-4,7,11,16H,5-6,8-9H2,1-2H3,(H,17,19). The number of nitrogens with zero attached hydrogens (tertiary/aromatic N) is 1. The SMILES string of the molecule is Cc1ccc(NC(=O)CC2CN(C)CCN2)c(Br)c1. The average Bonchev–Trinajstić information content (AvgIpc) is 2.33. The third-order valence-corrected chi connectivity index (χ3v) is 3.95. The molecule has 1 amide bonds. The van der Waals surface area contributed by atoms with Gasteiger partial charge in [-0.1, -0.05) is 6.07 Å². The highest BCUT2D eigenvalue weighted by Crippen LogP contribution is 2.23. The zero-order valence-electron chi connectivity index (χ0n) is 11.4. The zero-order valence-corrected chi connectivity index (χ0v) is 13.0. The van der Waals surface area contributed by atoms with Crippen molar-refractivity contribution < 1.29 is 4.79 Å². The maximum Gasteiger partial charge on any atom is 0.226 e. The molecule has 1 aromatic rings. The number of carbonyl (C=O) groups is 1. The van der Waals surface area contributed by atoms with Crippen LogP contribution in [-0.4, -0.2) is 43.5 Å². The van der Waals surface area contributed by atoms with Gasteiger partial charge in [0.05, 0.1) is 5.69 Å². The molecule has 5 heteroatoms. The fourth-order valence-corrected chi connectivity index (χ4v) is 2.87. The van der Waals surface area contributed by atoms with Gasteiger partial charge in [-0.15, -0.1) is 0 Å². The Morgan fingerprint density at radius 1 is 1.58 bits per heavy atom. The second-order valence-electron chi connectivity index (χ2n) is 5.15.